The molecule has 128 valence electrons. The summed E-state index contributed by atoms with van der Waals surface area (Å²) < 4.78 is 10.3. The third kappa shape index (κ3) is 3.61. The van der Waals surface area contributed by atoms with E-state index in [9.17, 15) is 14.9 Å². The van der Waals surface area contributed by atoms with Crippen molar-refractivity contribution in [2.75, 3.05) is 13.7 Å². The normalized spacial score (nSPS) is 12.4. The molecule has 0 aliphatic rings. The fraction of sp³-hybridized carbons (Fsp3) is 0.211. The van der Waals surface area contributed by atoms with Gasteiger partial charge in [0.2, 0.25) is 0 Å². The molecule has 6 nitrogen and oxygen atoms in total. The molecule has 0 N–H and O–H groups in total. The number of nitrogens with zero attached hydrogens (tertiary/aromatic N) is 2. The highest BCUT2D eigenvalue weighted by Crippen LogP contribution is 2.30. The molecule has 0 aromatic heterocycles. The molecule has 1 atom stereocenters. The Labute approximate surface area is 146 Å². The van der Waals surface area contributed by atoms with Gasteiger partial charge in [-0.15, -0.1) is 0 Å². The summed E-state index contributed by atoms with van der Waals surface area (Å²) in [6.07, 6.45) is -0.843. The number of likely N-dealkylation sites (N-methyl/N-ethyl adjacent to an activating group) is 1. The first kappa shape index (κ1) is 18.0. The molecular formula is C19H18N2O4. The summed E-state index contributed by atoms with van der Waals surface area (Å²) in [5, 5.41) is 9.81. The van der Waals surface area contributed by atoms with Crippen molar-refractivity contribution in [2.24, 2.45) is 0 Å². The van der Waals surface area contributed by atoms with Crippen molar-refractivity contribution in [3.05, 3.63) is 66.2 Å². The van der Waals surface area contributed by atoms with Gasteiger partial charge in [-0.2, -0.15) is 5.26 Å². The highest BCUT2D eigenvalue weighted by Gasteiger charge is 2.49. The fourth-order valence-corrected chi connectivity index (χ4v) is 2.34. The SMILES string of the molecule is CCOC(=O)[C@](C#N)(c1ccccc1)N(C)C(=O)Oc1ccccc1. The lowest BCUT2D eigenvalue weighted by molar-refractivity contribution is -0.153. The zero-order chi connectivity index (χ0) is 18.3. The molecule has 0 heterocycles. The van der Waals surface area contributed by atoms with Gasteiger partial charge in [-0.05, 0) is 19.1 Å². The smallest absolute Gasteiger partial charge is 0.417 e. The van der Waals surface area contributed by atoms with E-state index in [2.05, 4.69) is 0 Å². The van der Waals surface area contributed by atoms with Gasteiger partial charge in [0.1, 0.15) is 11.8 Å². The molecule has 0 saturated carbocycles. The highest BCUT2D eigenvalue weighted by molar-refractivity contribution is 5.90. The number of ether oxygens (including phenoxy) is 2. The molecule has 0 saturated heterocycles. The molecule has 0 aliphatic carbocycles. The summed E-state index contributed by atoms with van der Waals surface area (Å²) in [4.78, 5) is 26.1. The molecule has 25 heavy (non-hydrogen) atoms. The van der Waals surface area contributed by atoms with Crippen molar-refractivity contribution in [2.45, 2.75) is 12.5 Å². The number of hydrogen-bond acceptors (Lipinski definition) is 5. The van der Waals surface area contributed by atoms with Crippen LogP contribution in [0.5, 0.6) is 5.75 Å². The van der Waals surface area contributed by atoms with E-state index in [0.717, 1.165) is 4.90 Å². The minimum Gasteiger partial charge on any atom is -0.463 e. The molecule has 0 bridgehead atoms. The Morgan fingerprint density at radius 1 is 1.08 bits per heavy atom. The summed E-state index contributed by atoms with van der Waals surface area (Å²) in [5.41, 5.74) is -1.62. The van der Waals surface area contributed by atoms with Crippen LogP contribution in [0, 0.1) is 11.3 Å². The van der Waals surface area contributed by atoms with E-state index in [1.54, 1.807) is 67.6 Å². The maximum Gasteiger partial charge on any atom is 0.417 e. The van der Waals surface area contributed by atoms with Crippen LogP contribution in [0.4, 0.5) is 4.79 Å². The van der Waals surface area contributed by atoms with E-state index in [1.807, 2.05) is 6.07 Å². The summed E-state index contributed by atoms with van der Waals surface area (Å²) in [7, 11) is 1.33. The lowest BCUT2D eigenvalue weighted by Crippen LogP contribution is -2.53. The molecule has 1 amide bonds. The van der Waals surface area contributed by atoms with Crippen LogP contribution >= 0.6 is 0 Å². The molecule has 0 aliphatic heterocycles. The van der Waals surface area contributed by atoms with Gasteiger partial charge in [0.05, 0.1) is 6.61 Å². The predicted octanol–water partition coefficient (Wildman–Crippen LogP) is 3.10. The lowest BCUT2D eigenvalue weighted by atomic mass is 9.90. The van der Waals surface area contributed by atoms with Crippen molar-refractivity contribution >= 4 is 12.1 Å². The van der Waals surface area contributed by atoms with Gasteiger partial charge >= 0.3 is 12.1 Å². The summed E-state index contributed by atoms with van der Waals surface area (Å²) in [6.45, 7) is 1.71. The monoisotopic (exact) mass is 338 g/mol. The minimum atomic E-state index is -1.94. The second-order valence-electron chi connectivity index (χ2n) is 5.15. The molecule has 0 unspecified atom stereocenters. The number of nitriles is 1. The number of carbonyl (C=O) groups is 2. The van der Waals surface area contributed by atoms with Gasteiger partial charge in [-0.25, -0.2) is 9.59 Å². The number of hydrogen-bond donors (Lipinski definition) is 0. The standard InChI is InChI=1S/C19H18N2O4/c1-3-24-17(22)19(14-20,15-10-6-4-7-11-15)21(2)18(23)25-16-12-8-5-9-13-16/h4-13H,3H2,1-2H3/t19-/m0/s1. The zero-order valence-electron chi connectivity index (χ0n) is 14.0. The van der Waals surface area contributed by atoms with Crippen molar-refractivity contribution < 1.29 is 19.1 Å². The lowest BCUT2D eigenvalue weighted by Gasteiger charge is -2.33. The Kier molecular flexibility index (Phi) is 5.75. The van der Waals surface area contributed by atoms with Crippen molar-refractivity contribution in [1.29, 1.82) is 5.26 Å². The number of para-hydroxylation sites is 1. The summed E-state index contributed by atoms with van der Waals surface area (Å²) >= 11 is 0. The molecule has 2 aromatic carbocycles. The Bertz CT molecular complexity index is 771. The predicted molar refractivity (Wildman–Crippen MR) is 90.6 cm³/mol. The zero-order valence-corrected chi connectivity index (χ0v) is 14.0. The van der Waals surface area contributed by atoms with Crippen LogP contribution in [0.25, 0.3) is 0 Å². The van der Waals surface area contributed by atoms with Crippen LogP contribution in [-0.2, 0) is 15.1 Å². The van der Waals surface area contributed by atoms with Gasteiger partial charge in [0, 0.05) is 12.6 Å². The van der Waals surface area contributed by atoms with Crippen LogP contribution in [0.1, 0.15) is 12.5 Å². The first-order valence-electron chi connectivity index (χ1n) is 7.71. The van der Waals surface area contributed by atoms with E-state index in [0.29, 0.717) is 11.3 Å². The van der Waals surface area contributed by atoms with Gasteiger partial charge < -0.3 is 9.47 Å². The average molecular weight is 338 g/mol. The Balaban J connectivity index is 2.42. The first-order chi connectivity index (χ1) is 12.1. The van der Waals surface area contributed by atoms with Crippen LogP contribution in [0.3, 0.4) is 0 Å². The molecule has 0 spiro atoms. The van der Waals surface area contributed by atoms with Gasteiger partial charge in [-0.3, -0.25) is 4.90 Å². The summed E-state index contributed by atoms with van der Waals surface area (Å²) in [6, 6.07) is 18.6. The average Bonchev–Trinajstić information content (AvgIpc) is 2.64. The van der Waals surface area contributed by atoms with Crippen LogP contribution in [-0.4, -0.2) is 30.6 Å². The van der Waals surface area contributed by atoms with Crippen molar-refractivity contribution in [3.8, 4) is 11.8 Å². The van der Waals surface area contributed by atoms with E-state index in [-0.39, 0.29) is 6.61 Å². The fourth-order valence-electron chi connectivity index (χ4n) is 2.34. The van der Waals surface area contributed by atoms with E-state index < -0.39 is 17.6 Å². The first-order valence-corrected chi connectivity index (χ1v) is 7.71. The number of rotatable bonds is 5. The second-order valence-corrected chi connectivity index (χ2v) is 5.15. The quantitative estimate of drug-likeness (QED) is 0.783. The minimum absolute atomic E-state index is 0.0800. The topological polar surface area (TPSA) is 79.6 Å². The van der Waals surface area contributed by atoms with E-state index in [4.69, 9.17) is 9.47 Å². The van der Waals surface area contributed by atoms with Crippen LogP contribution < -0.4 is 4.74 Å². The van der Waals surface area contributed by atoms with Crippen LogP contribution in [0.2, 0.25) is 0 Å². The molecule has 0 radical (unpaired) electrons. The number of carbonyl (C=O) groups excluding carboxylic acids is 2. The largest absolute Gasteiger partial charge is 0.463 e. The molecular weight excluding hydrogens is 320 g/mol. The Hall–Kier alpha value is -3.33. The van der Waals surface area contributed by atoms with E-state index >= 15 is 0 Å². The second kappa shape index (κ2) is 7.97. The highest BCUT2D eigenvalue weighted by atomic mass is 16.6. The van der Waals surface area contributed by atoms with Gasteiger partial charge in [-0.1, -0.05) is 48.5 Å². The molecule has 2 aromatic rings. The maximum absolute atomic E-state index is 12.6. The number of esters is 1. The number of benzene rings is 2. The molecule has 0 fully saturated rings. The van der Waals surface area contributed by atoms with Crippen molar-refractivity contribution in [1.82, 2.24) is 4.90 Å². The third-order valence-corrected chi connectivity index (χ3v) is 3.65. The van der Waals surface area contributed by atoms with Gasteiger partial charge in [0.25, 0.3) is 5.54 Å². The number of amides is 1. The van der Waals surface area contributed by atoms with Crippen LogP contribution in [0.15, 0.2) is 60.7 Å². The maximum atomic E-state index is 12.6. The van der Waals surface area contributed by atoms with Crippen molar-refractivity contribution in [3.63, 3.8) is 0 Å². The Morgan fingerprint density at radius 3 is 2.16 bits per heavy atom. The van der Waals surface area contributed by atoms with Gasteiger partial charge in [0.15, 0.2) is 0 Å². The summed E-state index contributed by atoms with van der Waals surface area (Å²) in [5.74, 6) is -0.528. The van der Waals surface area contributed by atoms with E-state index in [1.165, 1.54) is 7.05 Å². The Morgan fingerprint density at radius 2 is 1.64 bits per heavy atom. The third-order valence-electron chi connectivity index (χ3n) is 3.65. The molecule has 6 heteroatoms. The molecule has 2 rings (SSSR count).